The highest BCUT2D eigenvalue weighted by Gasteiger charge is 2.47. The lowest BCUT2D eigenvalue weighted by atomic mass is 9.67. The lowest BCUT2D eigenvalue weighted by Crippen LogP contribution is -2.29. The Bertz CT molecular complexity index is 2580. The number of para-hydroxylation sites is 2. The Balaban J connectivity index is 1.11. The molecule has 0 aliphatic heterocycles. The molecule has 2 aliphatic carbocycles. The van der Waals surface area contributed by atoms with Crippen LogP contribution >= 0.6 is 0 Å². The molecule has 7 aromatic carbocycles. The average Bonchev–Trinajstić information content (AvgIpc) is 3.68. The van der Waals surface area contributed by atoms with Crippen LogP contribution in [0.5, 0.6) is 0 Å². The number of fused-ring (bicyclic) bond motifs is 4. The molecule has 0 atom stereocenters. The summed E-state index contributed by atoms with van der Waals surface area (Å²) in [6.45, 7) is 11.4. The Labute approximate surface area is 332 Å². The molecule has 0 radical (unpaired) electrons. The van der Waals surface area contributed by atoms with E-state index in [2.05, 4.69) is 239 Å². The summed E-state index contributed by atoms with van der Waals surface area (Å²) in [5, 5.41) is 0. The minimum absolute atomic E-state index is 0.180. The number of hydrogen-bond donors (Lipinski definition) is 0. The molecule has 0 N–H and O–H groups in total. The van der Waals surface area contributed by atoms with Crippen molar-refractivity contribution in [3.8, 4) is 11.1 Å². The second-order valence-corrected chi connectivity index (χ2v) is 15.3. The second-order valence-electron chi connectivity index (χ2n) is 15.3. The number of anilines is 3. The molecular formula is C55H45N. The van der Waals surface area contributed by atoms with Crippen molar-refractivity contribution in [1.82, 2.24) is 0 Å². The van der Waals surface area contributed by atoms with Crippen molar-refractivity contribution in [1.29, 1.82) is 0 Å². The van der Waals surface area contributed by atoms with Gasteiger partial charge in [-0.15, -0.1) is 0 Å². The molecule has 0 aromatic heterocycles. The largest absolute Gasteiger partial charge is 0.310 e. The van der Waals surface area contributed by atoms with E-state index in [0.29, 0.717) is 0 Å². The molecule has 0 heterocycles. The van der Waals surface area contributed by atoms with Crippen LogP contribution in [0, 0.1) is 0 Å². The number of nitrogens with zero attached hydrogens (tertiary/aromatic N) is 1. The van der Waals surface area contributed by atoms with Gasteiger partial charge in [-0.3, -0.25) is 0 Å². The predicted octanol–water partition coefficient (Wildman–Crippen LogP) is 14.4. The van der Waals surface area contributed by atoms with Gasteiger partial charge in [0.2, 0.25) is 0 Å². The lowest BCUT2D eigenvalue weighted by molar-refractivity contribution is 0.660. The molecular weight excluding hydrogens is 675 g/mol. The zero-order chi connectivity index (χ0) is 38.3. The fourth-order valence-corrected chi connectivity index (χ4v) is 9.33. The summed E-state index contributed by atoms with van der Waals surface area (Å²) in [5.74, 6) is 0. The van der Waals surface area contributed by atoms with E-state index < -0.39 is 5.41 Å². The lowest BCUT2D eigenvalue weighted by Gasteiger charge is -2.34. The van der Waals surface area contributed by atoms with Gasteiger partial charge in [0.25, 0.3) is 0 Å². The maximum Gasteiger partial charge on any atom is 0.0713 e. The van der Waals surface area contributed by atoms with E-state index in [0.717, 1.165) is 17.1 Å². The van der Waals surface area contributed by atoms with Crippen LogP contribution in [0.2, 0.25) is 0 Å². The van der Waals surface area contributed by atoms with E-state index >= 15 is 0 Å². The maximum atomic E-state index is 4.47. The smallest absolute Gasteiger partial charge is 0.0713 e. The number of hydrogen-bond acceptors (Lipinski definition) is 1. The van der Waals surface area contributed by atoms with E-state index in [1.165, 1.54) is 66.8 Å². The van der Waals surface area contributed by atoms with E-state index in [1.54, 1.807) is 0 Å². The topological polar surface area (TPSA) is 3.24 Å². The number of benzene rings is 7. The first-order chi connectivity index (χ1) is 27.5. The second kappa shape index (κ2) is 14.2. The molecule has 56 heavy (non-hydrogen) atoms. The van der Waals surface area contributed by atoms with Crippen molar-refractivity contribution in [2.24, 2.45) is 0 Å². The molecule has 0 saturated heterocycles. The molecule has 0 saturated carbocycles. The molecule has 1 heteroatoms. The third-order valence-corrected chi connectivity index (χ3v) is 11.9. The highest BCUT2D eigenvalue weighted by atomic mass is 15.1. The molecule has 9 rings (SSSR count). The third kappa shape index (κ3) is 5.54. The summed E-state index contributed by atoms with van der Waals surface area (Å²) in [4.78, 5) is 2.35. The van der Waals surface area contributed by atoms with Crippen molar-refractivity contribution in [2.45, 2.75) is 31.6 Å². The molecule has 7 aromatic rings. The fraction of sp³-hybridized carbons (Fsp3) is 0.0909. The zero-order valence-electron chi connectivity index (χ0n) is 32.3. The van der Waals surface area contributed by atoms with Crippen LogP contribution in [0.1, 0.15) is 59.7 Å². The van der Waals surface area contributed by atoms with Crippen molar-refractivity contribution in [3.63, 3.8) is 0 Å². The quantitative estimate of drug-likeness (QED) is 0.134. The first-order valence-corrected chi connectivity index (χ1v) is 19.6. The Kier molecular flexibility index (Phi) is 8.87. The molecule has 0 unspecified atom stereocenters. The highest BCUT2D eigenvalue weighted by Crippen LogP contribution is 2.57. The van der Waals surface area contributed by atoms with Gasteiger partial charge < -0.3 is 4.90 Å². The molecule has 0 fully saturated rings. The maximum absolute atomic E-state index is 4.47. The van der Waals surface area contributed by atoms with E-state index in [9.17, 15) is 0 Å². The van der Waals surface area contributed by atoms with E-state index in [1.807, 2.05) is 0 Å². The van der Waals surface area contributed by atoms with Gasteiger partial charge in [-0.1, -0.05) is 190 Å². The summed E-state index contributed by atoms with van der Waals surface area (Å²) in [6, 6.07) is 66.0. The van der Waals surface area contributed by atoms with Crippen molar-refractivity contribution >= 4 is 28.7 Å². The van der Waals surface area contributed by atoms with Crippen LogP contribution in [-0.4, -0.2) is 0 Å². The fourth-order valence-electron chi connectivity index (χ4n) is 9.33. The Morgan fingerprint density at radius 2 is 1.04 bits per heavy atom. The number of rotatable bonds is 9. The van der Waals surface area contributed by atoms with Gasteiger partial charge in [0, 0.05) is 22.5 Å². The van der Waals surface area contributed by atoms with Crippen molar-refractivity contribution in [2.75, 3.05) is 4.90 Å². The summed E-state index contributed by atoms with van der Waals surface area (Å²) in [6.07, 6.45) is 8.92. The first-order valence-electron chi connectivity index (χ1n) is 19.6. The number of allylic oxidation sites excluding steroid dienone is 6. The van der Waals surface area contributed by atoms with E-state index in [4.69, 9.17) is 0 Å². The van der Waals surface area contributed by atoms with E-state index in [-0.39, 0.29) is 5.41 Å². The average molecular weight is 720 g/mol. The molecule has 0 bridgehead atoms. The molecule has 270 valence electrons. The third-order valence-electron chi connectivity index (χ3n) is 11.9. The van der Waals surface area contributed by atoms with Crippen LogP contribution in [-0.2, 0) is 10.8 Å². The van der Waals surface area contributed by atoms with Crippen LogP contribution in [0.25, 0.3) is 22.8 Å². The summed E-state index contributed by atoms with van der Waals surface area (Å²) in [7, 11) is 0. The van der Waals surface area contributed by atoms with Crippen LogP contribution in [0.4, 0.5) is 17.1 Å². The molecule has 1 nitrogen and oxygen atoms in total. The minimum Gasteiger partial charge on any atom is -0.310 e. The van der Waals surface area contributed by atoms with Gasteiger partial charge in [-0.2, -0.15) is 0 Å². The minimum atomic E-state index is -0.489. The standard InChI is InChI=1S/C55H45N/c1-5-40(53-48-29-19-20-30-50(48)55(49(53)6-2,41-21-11-7-12-22-41)42-23-13-8-14-24-42)33-31-39-32-35-46-47-36-34-45(38-52(47)54(3,4)51(46)37-39)56(43-25-15-9-16-26-43)44-27-17-10-18-28-44/h5-38H,2H2,1,3-4H3. The normalized spacial score (nSPS) is 15.0. The van der Waals surface area contributed by atoms with Gasteiger partial charge in [0.1, 0.15) is 0 Å². The first kappa shape index (κ1) is 35.0. The zero-order valence-corrected chi connectivity index (χ0v) is 32.3. The Hall–Kier alpha value is -6.70. The monoisotopic (exact) mass is 719 g/mol. The molecule has 0 spiro atoms. The predicted molar refractivity (Wildman–Crippen MR) is 238 cm³/mol. The van der Waals surface area contributed by atoms with Crippen molar-refractivity contribution < 1.29 is 0 Å². The summed E-state index contributed by atoms with van der Waals surface area (Å²) in [5.41, 5.74) is 17.9. The SMILES string of the molecule is C=CC1=C(C(C=Cc2ccc3c(c2)C(C)(C)c2cc(N(c4ccccc4)c4ccccc4)ccc2-3)=CC)c2ccccc2C1(c1ccccc1)c1ccccc1. The van der Waals surface area contributed by atoms with Crippen LogP contribution in [0.15, 0.2) is 218 Å². The molecule has 0 amide bonds. The Morgan fingerprint density at radius 3 is 1.61 bits per heavy atom. The van der Waals surface area contributed by atoms with Gasteiger partial charge in [-0.05, 0) is 110 Å². The van der Waals surface area contributed by atoms with Crippen LogP contribution in [0.3, 0.4) is 0 Å². The highest BCUT2D eigenvalue weighted by molar-refractivity contribution is 5.96. The van der Waals surface area contributed by atoms with Crippen LogP contribution < -0.4 is 4.90 Å². The summed E-state index contributed by atoms with van der Waals surface area (Å²) >= 11 is 0. The van der Waals surface area contributed by atoms with Gasteiger partial charge in [0.15, 0.2) is 0 Å². The van der Waals surface area contributed by atoms with Gasteiger partial charge >= 0.3 is 0 Å². The Morgan fingerprint density at radius 1 is 0.518 bits per heavy atom. The molecule has 2 aliphatic rings. The van der Waals surface area contributed by atoms with Gasteiger partial charge in [-0.25, -0.2) is 0 Å². The van der Waals surface area contributed by atoms with Gasteiger partial charge in [0.05, 0.1) is 5.41 Å². The van der Waals surface area contributed by atoms with Crippen molar-refractivity contribution in [3.05, 3.63) is 257 Å². The summed E-state index contributed by atoms with van der Waals surface area (Å²) < 4.78 is 0.